The standard InChI is InChI=1S/C30H29BrN6O4/c1-2-25(39)35-12-13-41-29-26-22(37(34-29)21-9-6-18(14-24(21)38)17-4-3-5-17)10-11-36(23(26)15-35)30(40)19-7-8-20(31)28-27(19)32-16-33-28/h2,6-9,14,17,23,38H,1,3-5,10-13,15-16H2. The van der Waals surface area contributed by atoms with Gasteiger partial charge in [-0.25, -0.2) is 4.68 Å². The van der Waals surface area contributed by atoms with E-state index in [-0.39, 0.29) is 37.4 Å². The van der Waals surface area contributed by atoms with Crippen molar-refractivity contribution in [2.24, 2.45) is 9.98 Å². The zero-order valence-corrected chi connectivity index (χ0v) is 24.0. The molecule has 7 rings (SSSR count). The zero-order valence-electron chi connectivity index (χ0n) is 22.4. The highest BCUT2D eigenvalue weighted by Gasteiger charge is 2.41. The number of hydrogen-bond acceptors (Lipinski definition) is 7. The van der Waals surface area contributed by atoms with Crippen LogP contribution in [-0.2, 0) is 11.2 Å². The molecule has 1 atom stereocenters. The van der Waals surface area contributed by atoms with Gasteiger partial charge in [0.2, 0.25) is 11.8 Å². The molecule has 3 aromatic rings. The quantitative estimate of drug-likeness (QED) is 0.453. The van der Waals surface area contributed by atoms with Crippen LogP contribution in [-0.4, -0.2) is 69.4 Å². The second kappa shape index (κ2) is 10.1. The Kier molecular flexibility index (Phi) is 6.41. The predicted molar refractivity (Wildman–Crippen MR) is 153 cm³/mol. The summed E-state index contributed by atoms with van der Waals surface area (Å²) < 4.78 is 8.67. The van der Waals surface area contributed by atoms with Gasteiger partial charge in [0.15, 0.2) is 0 Å². The van der Waals surface area contributed by atoms with Gasteiger partial charge in [0.05, 0.1) is 40.1 Å². The summed E-state index contributed by atoms with van der Waals surface area (Å²) in [6.07, 6.45) is 5.28. The molecular formula is C30H29BrN6O4. The molecule has 0 saturated heterocycles. The number of hydrogen-bond donors (Lipinski definition) is 1. The van der Waals surface area contributed by atoms with Crippen molar-refractivity contribution in [2.75, 3.05) is 32.9 Å². The topological polar surface area (TPSA) is 113 Å². The summed E-state index contributed by atoms with van der Waals surface area (Å²) in [4.78, 5) is 39.3. The number of carbonyl (C=O) groups excluding carboxylic acids is 2. The van der Waals surface area contributed by atoms with E-state index in [0.29, 0.717) is 53.3 Å². The third-order valence-corrected chi connectivity index (χ3v) is 9.26. The molecule has 2 amide bonds. The Hall–Kier alpha value is -3.99. The van der Waals surface area contributed by atoms with E-state index in [2.05, 4.69) is 38.6 Å². The highest BCUT2D eigenvalue weighted by atomic mass is 79.9. The molecule has 4 heterocycles. The van der Waals surface area contributed by atoms with Crippen molar-refractivity contribution < 1.29 is 19.4 Å². The molecule has 1 aromatic heterocycles. The Labute approximate surface area is 244 Å². The number of aromatic nitrogens is 2. The number of benzene rings is 2. The normalized spacial score (nSPS) is 19.5. The lowest BCUT2D eigenvalue weighted by Gasteiger charge is -2.39. The van der Waals surface area contributed by atoms with Crippen molar-refractivity contribution in [3.8, 4) is 17.3 Å². The maximum Gasteiger partial charge on any atom is 0.256 e. The molecule has 10 nitrogen and oxygen atoms in total. The molecular weight excluding hydrogens is 588 g/mol. The zero-order chi connectivity index (χ0) is 28.2. The van der Waals surface area contributed by atoms with Gasteiger partial charge < -0.3 is 19.6 Å². The third kappa shape index (κ3) is 4.25. The van der Waals surface area contributed by atoms with Gasteiger partial charge in [0, 0.05) is 24.0 Å². The fourth-order valence-electron chi connectivity index (χ4n) is 6.26. The molecule has 1 saturated carbocycles. The fourth-order valence-corrected chi connectivity index (χ4v) is 6.71. The SMILES string of the molecule is C=CC(=O)N1CCOc2nn(-c3ccc(C4CCC4)cc3O)c3c2C(C1)N(C(=O)c1ccc(Br)c2c1=NCN=2)CC3. The Balaban J connectivity index is 1.33. The van der Waals surface area contributed by atoms with Crippen LogP contribution in [0.15, 0.2) is 57.4 Å². The van der Waals surface area contributed by atoms with Crippen LogP contribution in [0.1, 0.15) is 58.4 Å². The van der Waals surface area contributed by atoms with E-state index >= 15 is 0 Å². The van der Waals surface area contributed by atoms with Crippen molar-refractivity contribution in [1.82, 2.24) is 19.6 Å². The summed E-state index contributed by atoms with van der Waals surface area (Å²) in [5, 5.41) is 17.1. The van der Waals surface area contributed by atoms with Crippen molar-refractivity contribution >= 4 is 27.7 Å². The number of amides is 2. The number of nitrogens with zero attached hydrogens (tertiary/aromatic N) is 6. The van der Waals surface area contributed by atoms with Gasteiger partial charge in [0.1, 0.15) is 24.7 Å². The van der Waals surface area contributed by atoms with Crippen LogP contribution in [0.25, 0.3) is 5.69 Å². The summed E-state index contributed by atoms with van der Waals surface area (Å²) in [6.45, 7) is 5.17. The second-order valence-electron chi connectivity index (χ2n) is 10.8. The molecule has 2 aromatic carbocycles. The first-order valence-electron chi connectivity index (χ1n) is 13.9. The van der Waals surface area contributed by atoms with E-state index in [0.717, 1.165) is 34.1 Å². The molecule has 0 bridgehead atoms. The van der Waals surface area contributed by atoms with Crippen LogP contribution < -0.4 is 15.5 Å². The number of aromatic hydroxyl groups is 1. The lowest BCUT2D eigenvalue weighted by molar-refractivity contribution is -0.127. The first kappa shape index (κ1) is 25.9. The fraction of sp³-hybridized carbons (Fsp3) is 0.367. The van der Waals surface area contributed by atoms with E-state index < -0.39 is 6.04 Å². The highest BCUT2D eigenvalue weighted by Crippen LogP contribution is 2.42. The maximum atomic E-state index is 14.2. The first-order valence-corrected chi connectivity index (χ1v) is 14.7. The van der Waals surface area contributed by atoms with Crippen molar-refractivity contribution in [1.29, 1.82) is 0 Å². The van der Waals surface area contributed by atoms with Crippen LogP contribution in [0.5, 0.6) is 11.6 Å². The molecule has 11 heteroatoms. The van der Waals surface area contributed by atoms with Gasteiger partial charge in [-0.05, 0) is 70.6 Å². The molecule has 1 N–H and O–H groups in total. The molecule has 1 unspecified atom stereocenters. The number of rotatable bonds is 4. The van der Waals surface area contributed by atoms with Crippen molar-refractivity contribution in [3.05, 3.63) is 80.6 Å². The number of phenolic OH excluding ortho intramolecular Hbond substituents is 1. The summed E-state index contributed by atoms with van der Waals surface area (Å²) in [5.74, 6) is 0.646. The van der Waals surface area contributed by atoms with Crippen LogP contribution >= 0.6 is 15.9 Å². The minimum atomic E-state index is -0.520. The van der Waals surface area contributed by atoms with Gasteiger partial charge in [-0.15, -0.1) is 5.10 Å². The smallest absolute Gasteiger partial charge is 0.256 e. The summed E-state index contributed by atoms with van der Waals surface area (Å²) in [6, 6.07) is 8.89. The van der Waals surface area contributed by atoms with E-state index in [1.165, 1.54) is 12.5 Å². The number of fused-ring (bicyclic) bond motifs is 1. The van der Waals surface area contributed by atoms with Crippen LogP contribution in [0, 0.1) is 0 Å². The Morgan fingerprint density at radius 2 is 1.95 bits per heavy atom. The third-order valence-electron chi connectivity index (χ3n) is 8.62. The minimum Gasteiger partial charge on any atom is -0.506 e. The molecule has 0 radical (unpaired) electrons. The molecule has 41 heavy (non-hydrogen) atoms. The second-order valence-corrected chi connectivity index (χ2v) is 11.7. The molecule has 0 spiro atoms. The van der Waals surface area contributed by atoms with Crippen LogP contribution in [0.2, 0.25) is 0 Å². The summed E-state index contributed by atoms with van der Waals surface area (Å²) in [7, 11) is 0. The van der Waals surface area contributed by atoms with Crippen LogP contribution in [0.4, 0.5) is 0 Å². The average Bonchev–Trinajstić information content (AvgIpc) is 3.56. The Bertz CT molecular complexity index is 1730. The van der Waals surface area contributed by atoms with Gasteiger partial charge in [-0.3, -0.25) is 19.6 Å². The van der Waals surface area contributed by atoms with E-state index in [4.69, 9.17) is 9.84 Å². The Morgan fingerprint density at radius 3 is 2.71 bits per heavy atom. The van der Waals surface area contributed by atoms with Crippen molar-refractivity contribution in [2.45, 2.75) is 37.6 Å². The number of carbonyl (C=O) groups is 2. The summed E-state index contributed by atoms with van der Waals surface area (Å²) in [5.41, 5.74) is 3.79. The van der Waals surface area contributed by atoms with E-state index in [1.807, 2.05) is 18.2 Å². The minimum absolute atomic E-state index is 0.162. The first-order chi connectivity index (χ1) is 19.9. The number of halogens is 1. The monoisotopic (exact) mass is 616 g/mol. The molecule has 3 aliphatic heterocycles. The average molecular weight is 618 g/mol. The van der Waals surface area contributed by atoms with Gasteiger partial charge in [-0.2, -0.15) is 0 Å². The molecule has 4 aliphatic rings. The molecule has 1 aliphatic carbocycles. The Morgan fingerprint density at radius 1 is 1.12 bits per heavy atom. The molecule has 210 valence electrons. The van der Waals surface area contributed by atoms with Crippen LogP contribution in [0.3, 0.4) is 0 Å². The largest absolute Gasteiger partial charge is 0.506 e. The number of ether oxygens (including phenoxy) is 1. The van der Waals surface area contributed by atoms with Crippen molar-refractivity contribution in [3.63, 3.8) is 0 Å². The van der Waals surface area contributed by atoms with Gasteiger partial charge in [0.25, 0.3) is 5.91 Å². The predicted octanol–water partition coefficient (Wildman–Crippen LogP) is 2.96. The van der Waals surface area contributed by atoms with E-state index in [9.17, 15) is 14.7 Å². The van der Waals surface area contributed by atoms with E-state index in [1.54, 1.807) is 20.5 Å². The highest BCUT2D eigenvalue weighted by molar-refractivity contribution is 9.10. The van der Waals surface area contributed by atoms with Gasteiger partial charge in [-0.1, -0.05) is 19.1 Å². The van der Waals surface area contributed by atoms with Gasteiger partial charge >= 0.3 is 0 Å². The maximum absolute atomic E-state index is 14.2. The number of phenols is 1. The lowest BCUT2D eigenvalue weighted by atomic mass is 9.80. The summed E-state index contributed by atoms with van der Waals surface area (Å²) >= 11 is 3.51. The lowest BCUT2D eigenvalue weighted by Crippen LogP contribution is -2.49. The molecule has 1 fully saturated rings.